The molecule has 1 rings (SSSR count). The Morgan fingerprint density at radius 3 is 2.82 bits per heavy atom. The number of nitrogens with one attached hydrogen (secondary N) is 1. The Labute approximate surface area is 107 Å². The van der Waals surface area contributed by atoms with Gasteiger partial charge in [0.1, 0.15) is 0 Å². The summed E-state index contributed by atoms with van der Waals surface area (Å²) in [6, 6.07) is 6.57. The molecule has 0 atom stereocenters. The van der Waals surface area contributed by atoms with Gasteiger partial charge in [-0.1, -0.05) is 13.0 Å². The predicted octanol–water partition coefficient (Wildman–Crippen LogP) is 1.89. The molecule has 0 heterocycles. The smallest absolute Gasteiger partial charge is 0.238 e. The molecule has 0 aliphatic rings. The molecule has 0 saturated heterocycles. The van der Waals surface area contributed by atoms with E-state index in [-0.39, 0.29) is 4.90 Å². The van der Waals surface area contributed by atoms with Crippen LogP contribution < -0.4 is 10.5 Å². The fraction of sp³-hybridized carbons (Fsp3) is 0.455. The van der Waals surface area contributed by atoms with E-state index in [1.165, 1.54) is 6.07 Å². The van der Waals surface area contributed by atoms with Crippen molar-refractivity contribution in [3.8, 4) is 0 Å². The number of thioether (sulfide) groups is 1. The molecule has 96 valence electrons. The van der Waals surface area contributed by atoms with Crippen LogP contribution in [-0.2, 0) is 10.0 Å². The van der Waals surface area contributed by atoms with Crippen LogP contribution in [0.15, 0.2) is 29.2 Å². The van der Waals surface area contributed by atoms with Gasteiger partial charge in [-0.15, -0.1) is 0 Å². The lowest BCUT2D eigenvalue weighted by Gasteiger charge is -2.07. The first-order chi connectivity index (χ1) is 8.04. The number of hydrogen-bond donors (Lipinski definition) is 2. The van der Waals surface area contributed by atoms with E-state index in [1.807, 2.05) is 17.8 Å². The molecule has 1 aromatic rings. The van der Waals surface area contributed by atoms with Crippen LogP contribution >= 0.6 is 11.8 Å². The highest BCUT2D eigenvalue weighted by atomic mass is 32.2. The van der Waals surface area contributed by atoms with Crippen LogP contribution in [0.1, 0.15) is 13.3 Å². The Morgan fingerprint density at radius 2 is 2.18 bits per heavy atom. The summed E-state index contributed by atoms with van der Waals surface area (Å²) in [5.41, 5.74) is 0.790. The first kappa shape index (κ1) is 14.3. The maximum absolute atomic E-state index is 11.1. The summed E-state index contributed by atoms with van der Waals surface area (Å²) in [5.74, 6) is 2.24. The molecule has 0 saturated carbocycles. The Kier molecular flexibility index (Phi) is 5.80. The molecule has 0 aromatic heterocycles. The van der Waals surface area contributed by atoms with Gasteiger partial charge in [0.2, 0.25) is 10.0 Å². The molecule has 6 heteroatoms. The van der Waals surface area contributed by atoms with E-state index in [1.54, 1.807) is 12.1 Å². The van der Waals surface area contributed by atoms with Crippen molar-refractivity contribution in [2.24, 2.45) is 5.14 Å². The van der Waals surface area contributed by atoms with Gasteiger partial charge in [0.15, 0.2) is 0 Å². The number of nitrogens with two attached hydrogens (primary N) is 1. The second-order valence-electron chi connectivity index (χ2n) is 3.55. The highest BCUT2D eigenvalue weighted by Gasteiger charge is 2.07. The quantitative estimate of drug-likeness (QED) is 0.745. The standard InChI is InChI=1S/C11H18N2O2S2/c1-2-16-8-4-7-13-10-5-3-6-11(9-10)17(12,14)15/h3,5-6,9,13H,2,4,7-8H2,1H3,(H2,12,14,15). The molecular weight excluding hydrogens is 256 g/mol. The molecule has 4 nitrogen and oxygen atoms in total. The van der Waals surface area contributed by atoms with Gasteiger partial charge >= 0.3 is 0 Å². The summed E-state index contributed by atoms with van der Waals surface area (Å²) in [7, 11) is -3.61. The third-order valence-corrected chi connectivity index (χ3v) is 4.06. The molecule has 0 radical (unpaired) electrons. The van der Waals surface area contributed by atoms with Gasteiger partial charge in [-0.3, -0.25) is 0 Å². The average Bonchev–Trinajstić information content (AvgIpc) is 2.28. The summed E-state index contributed by atoms with van der Waals surface area (Å²) >= 11 is 1.89. The highest BCUT2D eigenvalue weighted by Crippen LogP contribution is 2.14. The Hall–Kier alpha value is -0.720. The number of hydrogen-bond acceptors (Lipinski definition) is 4. The van der Waals surface area contributed by atoms with Gasteiger partial charge in [-0.25, -0.2) is 13.6 Å². The molecule has 1 aromatic carbocycles. The summed E-state index contributed by atoms with van der Waals surface area (Å²) < 4.78 is 22.3. The molecule has 0 fully saturated rings. The highest BCUT2D eigenvalue weighted by molar-refractivity contribution is 7.99. The Bertz CT molecular complexity index is 447. The second kappa shape index (κ2) is 6.88. The van der Waals surface area contributed by atoms with Crippen molar-refractivity contribution in [1.82, 2.24) is 0 Å². The fourth-order valence-corrected chi connectivity index (χ4v) is 2.53. The first-order valence-electron chi connectivity index (χ1n) is 5.48. The Balaban J connectivity index is 2.49. The average molecular weight is 274 g/mol. The molecule has 0 unspecified atom stereocenters. The zero-order valence-corrected chi connectivity index (χ0v) is 11.5. The molecule has 3 N–H and O–H groups in total. The summed E-state index contributed by atoms with van der Waals surface area (Å²) in [4.78, 5) is 0.144. The third kappa shape index (κ3) is 5.43. The van der Waals surface area contributed by atoms with Crippen LogP contribution in [0.3, 0.4) is 0 Å². The largest absolute Gasteiger partial charge is 0.385 e. The summed E-state index contributed by atoms with van der Waals surface area (Å²) in [6.45, 7) is 2.97. The topological polar surface area (TPSA) is 72.2 Å². The van der Waals surface area contributed by atoms with Gasteiger partial charge in [0, 0.05) is 12.2 Å². The number of primary sulfonamides is 1. The number of sulfonamides is 1. The number of benzene rings is 1. The summed E-state index contributed by atoms with van der Waals surface area (Å²) in [6.07, 6.45) is 1.05. The van der Waals surface area contributed by atoms with Gasteiger partial charge in [0.25, 0.3) is 0 Å². The lowest BCUT2D eigenvalue weighted by molar-refractivity contribution is 0.598. The Morgan fingerprint density at radius 1 is 1.41 bits per heavy atom. The van der Waals surface area contributed by atoms with E-state index in [4.69, 9.17) is 5.14 Å². The molecule has 0 bridgehead atoms. The minimum Gasteiger partial charge on any atom is -0.385 e. The first-order valence-corrected chi connectivity index (χ1v) is 8.18. The third-order valence-electron chi connectivity index (χ3n) is 2.16. The van der Waals surface area contributed by atoms with Crippen LogP contribution in [-0.4, -0.2) is 26.5 Å². The monoisotopic (exact) mass is 274 g/mol. The molecule has 0 aliphatic carbocycles. The van der Waals surface area contributed by atoms with Gasteiger partial charge < -0.3 is 5.32 Å². The molecular formula is C11H18N2O2S2. The van der Waals surface area contributed by atoms with Crippen LogP contribution in [0.4, 0.5) is 5.69 Å². The molecule has 0 amide bonds. The van der Waals surface area contributed by atoms with Crippen molar-refractivity contribution >= 4 is 27.5 Å². The number of rotatable bonds is 7. The van der Waals surface area contributed by atoms with Crippen molar-refractivity contribution in [1.29, 1.82) is 0 Å². The van der Waals surface area contributed by atoms with Crippen molar-refractivity contribution in [2.45, 2.75) is 18.2 Å². The van der Waals surface area contributed by atoms with E-state index in [2.05, 4.69) is 12.2 Å². The van der Waals surface area contributed by atoms with E-state index >= 15 is 0 Å². The van der Waals surface area contributed by atoms with Gasteiger partial charge in [0.05, 0.1) is 4.90 Å². The van der Waals surface area contributed by atoms with E-state index < -0.39 is 10.0 Å². The van der Waals surface area contributed by atoms with E-state index in [9.17, 15) is 8.42 Å². The zero-order chi connectivity index (χ0) is 12.7. The van der Waals surface area contributed by atoms with Crippen molar-refractivity contribution < 1.29 is 8.42 Å². The van der Waals surface area contributed by atoms with Crippen LogP contribution in [0.5, 0.6) is 0 Å². The maximum Gasteiger partial charge on any atom is 0.238 e. The van der Waals surface area contributed by atoms with E-state index in [0.29, 0.717) is 0 Å². The normalized spacial score (nSPS) is 11.4. The SMILES string of the molecule is CCSCCCNc1cccc(S(N)(=O)=O)c1. The lowest BCUT2D eigenvalue weighted by Crippen LogP contribution is -2.12. The lowest BCUT2D eigenvalue weighted by atomic mass is 10.3. The van der Waals surface area contributed by atoms with Gasteiger partial charge in [-0.05, 0) is 36.1 Å². The second-order valence-corrected chi connectivity index (χ2v) is 6.51. The molecule has 0 aliphatic heterocycles. The van der Waals surface area contributed by atoms with Crippen LogP contribution in [0.2, 0.25) is 0 Å². The number of anilines is 1. The van der Waals surface area contributed by atoms with Crippen LogP contribution in [0.25, 0.3) is 0 Å². The summed E-state index contributed by atoms with van der Waals surface area (Å²) in [5, 5.41) is 8.24. The fourth-order valence-electron chi connectivity index (χ4n) is 1.33. The van der Waals surface area contributed by atoms with Crippen molar-refractivity contribution in [3.63, 3.8) is 0 Å². The predicted molar refractivity (Wildman–Crippen MR) is 73.9 cm³/mol. The van der Waals surface area contributed by atoms with Gasteiger partial charge in [-0.2, -0.15) is 11.8 Å². The van der Waals surface area contributed by atoms with Crippen LogP contribution in [0, 0.1) is 0 Å². The minimum absolute atomic E-state index is 0.144. The molecule has 17 heavy (non-hydrogen) atoms. The van der Waals surface area contributed by atoms with Crippen molar-refractivity contribution in [3.05, 3.63) is 24.3 Å². The zero-order valence-electron chi connectivity index (χ0n) is 9.85. The molecule has 0 spiro atoms. The van der Waals surface area contributed by atoms with Crippen molar-refractivity contribution in [2.75, 3.05) is 23.4 Å². The maximum atomic E-state index is 11.1. The minimum atomic E-state index is -3.61. The van der Waals surface area contributed by atoms with E-state index in [0.717, 1.165) is 30.2 Å².